The van der Waals surface area contributed by atoms with Crippen LogP contribution in [0, 0.1) is 6.92 Å². The van der Waals surface area contributed by atoms with E-state index >= 15 is 0 Å². The Morgan fingerprint density at radius 1 is 1.28 bits per heavy atom. The summed E-state index contributed by atoms with van der Waals surface area (Å²) in [5.41, 5.74) is 8.73. The molecular weight excluding hydrogens is 226 g/mol. The van der Waals surface area contributed by atoms with Gasteiger partial charge in [-0.1, -0.05) is 12.1 Å². The lowest BCUT2D eigenvalue weighted by molar-refractivity contribution is 0.102. The first kappa shape index (κ1) is 12.3. The topological polar surface area (TPSA) is 68.0 Å². The maximum Gasteiger partial charge on any atom is 0.255 e. The zero-order chi connectivity index (χ0) is 13.0. The minimum atomic E-state index is -0.138. The van der Waals surface area contributed by atoms with E-state index in [2.05, 4.69) is 10.3 Å². The minimum Gasteiger partial charge on any atom is -0.326 e. The number of nitrogens with two attached hydrogens (primary N) is 1. The highest BCUT2D eigenvalue weighted by molar-refractivity contribution is 6.04. The third-order valence-corrected chi connectivity index (χ3v) is 2.61. The first-order valence-corrected chi connectivity index (χ1v) is 5.72. The number of anilines is 1. The van der Waals surface area contributed by atoms with Gasteiger partial charge in [0.15, 0.2) is 0 Å². The van der Waals surface area contributed by atoms with Crippen LogP contribution in [-0.4, -0.2) is 10.9 Å². The summed E-state index contributed by atoms with van der Waals surface area (Å²) in [6, 6.07) is 10.9. The van der Waals surface area contributed by atoms with E-state index in [0.29, 0.717) is 12.1 Å². The molecule has 3 N–H and O–H groups in total. The molecule has 0 radical (unpaired) electrons. The standard InChI is InChI=1S/C14H15N3O/c1-10-8-12(6-7-16-10)14(18)17-13-4-2-11(9-15)3-5-13/h2-8H,9,15H2,1H3,(H,17,18). The van der Waals surface area contributed by atoms with Gasteiger partial charge in [-0.15, -0.1) is 0 Å². The molecular formula is C14H15N3O. The van der Waals surface area contributed by atoms with Crippen molar-refractivity contribution in [2.45, 2.75) is 13.5 Å². The summed E-state index contributed by atoms with van der Waals surface area (Å²) in [7, 11) is 0. The molecule has 0 aliphatic heterocycles. The number of carbonyl (C=O) groups excluding carboxylic acids is 1. The van der Waals surface area contributed by atoms with Crippen LogP contribution in [0.1, 0.15) is 21.6 Å². The first-order chi connectivity index (χ1) is 8.69. The van der Waals surface area contributed by atoms with Gasteiger partial charge in [0.05, 0.1) is 0 Å². The Labute approximate surface area is 106 Å². The normalized spacial score (nSPS) is 10.1. The maximum absolute atomic E-state index is 12.0. The maximum atomic E-state index is 12.0. The molecule has 0 unspecified atom stereocenters. The van der Waals surface area contributed by atoms with E-state index < -0.39 is 0 Å². The Balaban J connectivity index is 2.11. The molecule has 0 atom stereocenters. The van der Waals surface area contributed by atoms with Crippen LogP contribution in [0.25, 0.3) is 0 Å². The molecule has 1 aromatic heterocycles. The molecule has 0 spiro atoms. The molecule has 4 heteroatoms. The molecule has 0 saturated heterocycles. The van der Waals surface area contributed by atoms with E-state index in [1.165, 1.54) is 0 Å². The fourth-order valence-electron chi connectivity index (χ4n) is 1.61. The zero-order valence-corrected chi connectivity index (χ0v) is 10.2. The molecule has 18 heavy (non-hydrogen) atoms. The van der Waals surface area contributed by atoms with Gasteiger partial charge in [0, 0.05) is 29.7 Å². The van der Waals surface area contributed by atoms with Gasteiger partial charge in [0.1, 0.15) is 0 Å². The van der Waals surface area contributed by atoms with Crippen LogP contribution in [-0.2, 0) is 6.54 Å². The number of hydrogen-bond acceptors (Lipinski definition) is 3. The quantitative estimate of drug-likeness (QED) is 0.864. The van der Waals surface area contributed by atoms with Crippen LogP contribution >= 0.6 is 0 Å². The van der Waals surface area contributed by atoms with Gasteiger partial charge >= 0.3 is 0 Å². The van der Waals surface area contributed by atoms with Crippen molar-refractivity contribution in [3.8, 4) is 0 Å². The summed E-state index contributed by atoms with van der Waals surface area (Å²) in [4.78, 5) is 16.0. The predicted molar refractivity (Wildman–Crippen MR) is 71.3 cm³/mol. The SMILES string of the molecule is Cc1cc(C(=O)Nc2ccc(CN)cc2)ccn1. The number of benzene rings is 1. The van der Waals surface area contributed by atoms with Gasteiger partial charge in [-0.3, -0.25) is 9.78 Å². The van der Waals surface area contributed by atoms with Crippen molar-refractivity contribution < 1.29 is 4.79 Å². The third kappa shape index (κ3) is 2.93. The van der Waals surface area contributed by atoms with Crippen LogP contribution in [0.4, 0.5) is 5.69 Å². The van der Waals surface area contributed by atoms with Crippen molar-refractivity contribution in [3.05, 3.63) is 59.4 Å². The van der Waals surface area contributed by atoms with Crippen molar-refractivity contribution in [1.82, 2.24) is 4.98 Å². The largest absolute Gasteiger partial charge is 0.326 e. The number of aryl methyl sites for hydroxylation is 1. The molecule has 1 heterocycles. The second-order valence-corrected chi connectivity index (χ2v) is 4.04. The van der Waals surface area contributed by atoms with E-state index in [9.17, 15) is 4.79 Å². The lowest BCUT2D eigenvalue weighted by Crippen LogP contribution is -2.12. The number of carbonyl (C=O) groups is 1. The number of amides is 1. The Hall–Kier alpha value is -2.20. The second kappa shape index (κ2) is 5.42. The molecule has 0 bridgehead atoms. The minimum absolute atomic E-state index is 0.138. The number of rotatable bonds is 3. The molecule has 0 aliphatic carbocycles. The number of aromatic nitrogens is 1. The van der Waals surface area contributed by atoms with E-state index in [1.54, 1.807) is 18.3 Å². The Kier molecular flexibility index (Phi) is 3.69. The summed E-state index contributed by atoms with van der Waals surface area (Å²) >= 11 is 0. The predicted octanol–water partition coefficient (Wildman–Crippen LogP) is 2.10. The fourth-order valence-corrected chi connectivity index (χ4v) is 1.61. The van der Waals surface area contributed by atoms with Crippen LogP contribution in [0.15, 0.2) is 42.6 Å². The van der Waals surface area contributed by atoms with Crippen molar-refractivity contribution >= 4 is 11.6 Å². The number of hydrogen-bond donors (Lipinski definition) is 2. The van der Waals surface area contributed by atoms with Gasteiger partial charge < -0.3 is 11.1 Å². The average Bonchev–Trinajstić information content (AvgIpc) is 2.39. The van der Waals surface area contributed by atoms with Crippen LogP contribution in [0.5, 0.6) is 0 Å². The number of nitrogens with zero attached hydrogens (tertiary/aromatic N) is 1. The molecule has 0 saturated carbocycles. The number of pyridine rings is 1. The zero-order valence-electron chi connectivity index (χ0n) is 10.2. The van der Waals surface area contributed by atoms with Crippen molar-refractivity contribution in [2.24, 2.45) is 5.73 Å². The lowest BCUT2D eigenvalue weighted by Gasteiger charge is -2.06. The summed E-state index contributed by atoms with van der Waals surface area (Å²) < 4.78 is 0. The van der Waals surface area contributed by atoms with Crippen LogP contribution in [0.3, 0.4) is 0 Å². The highest BCUT2D eigenvalue weighted by Gasteiger charge is 2.06. The second-order valence-electron chi connectivity index (χ2n) is 4.04. The molecule has 0 fully saturated rings. The Bertz CT molecular complexity index is 549. The van der Waals surface area contributed by atoms with Gasteiger partial charge in [0.2, 0.25) is 0 Å². The van der Waals surface area contributed by atoms with E-state index in [1.807, 2.05) is 31.2 Å². The molecule has 4 nitrogen and oxygen atoms in total. The lowest BCUT2D eigenvalue weighted by atomic mass is 10.2. The van der Waals surface area contributed by atoms with E-state index in [4.69, 9.17) is 5.73 Å². The highest BCUT2D eigenvalue weighted by atomic mass is 16.1. The molecule has 1 amide bonds. The highest BCUT2D eigenvalue weighted by Crippen LogP contribution is 2.11. The Morgan fingerprint density at radius 3 is 2.61 bits per heavy atom. The van der Waals surface area contributed by atoms with E-state index in [0.717, 1.165) is 16.9 Å². The van der Waals surface area contributed by atoms with Crippen molar-refractivity contribution in [2.75, 3.05) is 5.32 Å². The fraction of sp³-hybridized carbons (Fsp3) is 0.143. The molecule has 1 aromatic carbocycles. The van der Waals surface area contributed by atoms with Crippen molar-refractivity contribution in [1.29, 1.82) is 0 Å². The van der Waals surface area contributed by atoms with Gasteiger partial charge in [-0.2, -0.15) is 0 Å². The van der Waals surface area contributed by atoms with Gasteiger partial charge in [0.25, 0.3) is 5.91 Å². The summed E-state index contributed by atoms with van der Waals surface area (Å²) in [6.07, 6.45) is 1.63. The van der Waals surface area contributed by atoms with Gasteiger partial charge in [-0.25, -0.2) is 0 Å². The summed E-state index contributed by atoms with van der Waals surface area (Å²) in [5, 5.41) is 2.83. The molecule has 0 aliphatic rings. The smallest absolute Gasteiger partial charge is 0.255 e. The first-order valence-electron chi connectivity index (χ1n) is 5.72. The van der Waals surface area contributed by atoms with Crippen LogP contribution in [0.2, 0.25) is 0 Å². The molecule has 2 aromatic rings. The average molecular weight is 241 g/mol. The van der Waals surface area contributed by atoms with Crippen molar-refractivity contribution in [3.63, 3.8) is 0 Å². The summed E-state index contributed by atoms with van der Waals surface area (Å²) in [5.74, 6) is -0.138. The summed E-state index contributed by atoms with van der Waals surface area (Å²) in [6.45, 7) is 2.35. The monoisotopic (exact) mass is 241 g/mol. The Morgan fingerprint density at radius 2 is 2.00 bits per heavy atom. The molecule has 2 rings (SSSR count). The molecule has 92 valence electrons. The van der Waals surface area contributed by atoms with Gasteiger partial charge in [-0.05, 0) is 36.8 Å². The van der Waals surface area contributed by atoms with E-state index in [-0.39, 0.29) is 5.91 Å². The third-order valence-electron chi connectivity index (χ3n) is 2.61. The number of nitrogens with one attached hydrogen (secondary N) is 1. The van der Waals surface area contributed by atoms with Crippen LogP contribution < -0.4 is 11.1 Å².